The zero-order chi connectivity index (χ0) is 9.02. The fourth-order valence-corrected chi connectivity index (χ4v) is 0.518. The summed E-state index contributed by atoms with van der Waals surface area (Å²) in [7, 11) is 1.46. The molecule has 0 aliphatic carbocycles. The van der Waals surface area contributed by atoms with Crippen molar-refractivity contribution in [2.75, 3.05) is 7.05 Å². The monoisotopic (exact) mass is 168 g/mol. The first kappa shape index (κ1) is 13.3. The number of amides is 1. The lowest BCUT2D eigenvalue weighted by Gasteiger charge is -2.00. The SMILES string of the molecule is CNC(=O)/C(C)=C(/C)C(=O)O.[B]. The number of likely N-dealkylation sites (N-methyl/N-ethyl adjacent to an activating group) is 1. The Morgan fingerprint density at radius 2 is 1.58 bits per heavy atom. The highest BCUT2D eigenvalue weighted by Gasteiger charge is 2.10. The molecule has 0 saturated carbocycles. The van der Waals surface area contributed by atoms with Crippen LogP contribution in [0, 0.1) is 0 Å². The molecule has 3 radical (unpaired) electrons. The molecular weight excluding hydrogens is 157 g/mol. The van der Waals surface area contributed by atoms with Crippen LogP contribution < -0.4 is 5.32 Å². The Morgan fingerprint density at radius 3 is 1.83 bits per heavy atom. The van der Waals surface area contributed by atoms with E-state index in [0.717, 1.165) is 0 Å². The van der Waals surface area contributed by atoms with Gasteiger partial charge < -0.3 is 10.4 Å². The lowest BCUT2D eigenvalue weighted by Crippen LogP contribution is -2.20. The molecule has 0 saturated heterocycles. The summed E-state index contributed by atoms with van der Waals surface area (Å²) < 4.78 is 0. The van der Waals surface area contributed by atoms with Gasteiger partial charge in [-0.25, -0.2) is 4.79 Å². The number of carbonyl (C=O) groups is 2. The number of aliphatic carboxylic acids is 1. The fourth-order valence-electron chi connectivity index (χ4n) is 0.518. The van der Waals surface area contributed by atoms with E-state index in [0.29, 0.717) is 0 Å². The summed E-state index contributed by atoms with van der Waals surface area (Å²) in [6.07, 6.45) is 0. The van der Waals surface area contributed by atoms with Crippen molar-refractivity contribution in [3.63, 3.8) is 0 Å². The van der Waals surface area contributed by atoms with E-state index in [1.54, 1.807) is 0 Å². The highest BCUT2D eigenvalue weighted by atomic mass is 16.4. The Balaban J connectivity index is 0. The topological polar surface area (TPSA) is 66.4 Å². The lowest BCUT2D eigenvalue weighted by molar-refractivity contribution is -0.133. The van der Waals surface area contributed by atoms with Gasteiger partial charge in [0.2, 0.25) is 5.91 Å². The molecule has 0 aliphatic rings. The third kappa shape index (κ3) is 3.23. The van der Waals surface area contributed by atoms with Crippen molar-refractivity contribution in [2.45, 2.75) is 13.8 Å². The van der Waals surface area contributed by atoms with Crippen molar-refractivity contribution in [3.05, 3.63) is 11.1 Å². The summed E-state index contributed by atoms with van der Waals surface area (Å²) in [5, 5.41) is 10.8. The fraction of sp³-hybridized carbons (Fsp3) is 0.429. The molecule has 0 fully saturated rings. The van der Waals surface area contributed by atoms with Crippen molar-refractivity contribution in [1.29, 1.82) is 0 Å². The predicted octanol–water partition coefficient (Wildman–Crippen LogP) is -0.227. The maximum absolute atomic E-state index is 10.8. The van der Waals surface area contributed by atoms with Crippen LogP contribution in [0.5, 0.6) is 0 Å². The minimum Gasteiger partial charge on any atom is -0.478 e. The van der Waals surface area contributed by atoms with E-state index in [9.17, 15) is 9.59 Å². The zero-order valence-corrected chi connectivity index (χ0v) is 7.34. The molecule has 5 heteroatoms. The van der Waals surface area contributed by atoms with Crippen LogP contribution in [0.15, 0.2) is 11.1 Å². The van der Waals surface area contributed by atoms with E-state index in [-0.39, 0.29) is 25.5 Å². The number of nitrogens with one attached hydrogen (secondary N) is 1. The number of hydrogen-bond acceptors (Lipinski definition) is 2. The number of carboxylic acids is 1. The van der Waals surface area contributed by atoms with Crippen LogP contribution in [0.25, 0.3) is 0 Å². The van der Waals surface area contributed by atoms with Crippen LogP contribution in [0.3, 0.4) is 0 Å². The second-order valence-corrected chi connectivity index (χ2v) is 2.13. The Morgan fingerprint density at radius 1 is 1.17 bits per heavy atom. The molecule has 0 aromatic carbocycles. The highest BCUT2D eigenvalue weighted by Crippen LogP contribution is 2.02. The molecule has 0 rings (SSSR count). The van der Waals surface area contributed by atoms with Gasteiger partial charge in [0.1, 0.15) is 0 Å². The van der Waals surface area contributed by atoms with Gasteiger partial charge in [-0.2, -0.15) is 0 Å². The average Bonchev–Trinajstić information content (AvgIpc) is 2.00. The average molecular weight is 168 g/mol. The van der Waals surface area contributed by atoms with E-state index in [1.807, 2.05) is 0 Å². The van der Waals surface area contributed by atoms with Gasteiger partial charge in [0, 0.05) is 26.6 Å². The van der Waals surface area contributed by atoms with E-state index < -0.39 is 5.97 Å². The van der Waals surface area contributed by atoms with Crippen LogP contribution in [-0.4, -0.2) is 32.4 Å². The first-order valence-corrected chi connectivity index (χ1v) is 3.13. The number of carboxylic acid groups (broad SMARTS) is 1. The van der Waals surface area contributed by atoms with Crippen LogP contribution in [0.2, 0.25) is 0 Å². The first-order chi connectivity index (χ1) is 5.00. The van der Waals surface area contributed by atoms with E-state index in [1.165, 1.54) is 20.9 Å². The predicted molar refractivity (Wildman–Crippen MR) is 45.8 cm³/mol. The van der Waals surface area contributed by atoms with Gasteiger partial charge in [0.05, 0.1) is 0 Å². The van der Waals surface area contributed by atoms with Crippen molar-refractivity contribution in [1.82, 2.24) is 5.32 Å². The molecule has 65 valence electrons. The summed E-state index contributed by atoms with van der Waals surface area (Å²) in [6, 6.07) is 0. The van der Waals surface area contributed by atoms with Crippen molar-refractivity contribution in [2.24, 2.45) is 0 Å². The molecule has 0 aromatic rings. The Labute approximate surface area is 73.2 Å². The molecule has 0 bridgehead atoms. The maximum atomic E-state index is 10.8. The second kappa shape index (κ2) is 5.40. The van der Waals surface area contributed by atoms with Crippen molar-refractivity contribution < 1.29 is 14.7 Å². The summed E-state index contributed by atoms with van der Waals surface area (Å²) in [6.45, 7) is 2.87. The molecular formula is C7H11BNO3. The van der Waals surface area contributed by atoms with Gasteiger partial charge in [-0.05, 0) is 13.8 Å². The van der Waals surface area contributed by atoms with Crippen LogP contribution in [0.1, 0.15) is 13.8 Å². The van der Waals surface area contributed by atoms with Crippen LogP contribution >= 0.6 is 0 Å². The van der Waals surface area contributed by atoms with E-state index in [4.69, 9.17) is 5.11 Å². The molecule has 12 heavy (non-hydrogen) atoms. The summed E-state index contributed by atoms with van der Waals surface area (Å²) in [4.78, 5) is 21.1. The lowest BCUT2D eigenvalue weighted by atomic mass is 10.1. The third-order valence-corrected chi connectivity index (χ3v) is 1.45. The van der Waals surface area contributed by atoms with E-state index >= 15 is 0 Å². The van der Waals surface area contributed by atoms with Crippen LogP contribution in [0.4, 0.5) is 0 Å². The summed E-state index contributed by atoms with van der Waals surface area (Å²) in [5.41, 5.74) is 0.310. The normalized spacial score (nSPS) is 10.9. The van der Waals surface area contributed by atoms with Gasteiger partial charge in [0.15, 0.2) is 0 Å². The first-order valence-electron chi connectivity index (χ1n) is 3.13. The maximum Gasteiger partial charge on any atom is 0.331 e. The standard InChI is InChI=1S/C7H11NO3.B/c1-4(6(9)8-3)5(2)7(10)11;/h1-3H3,(H,8,9)(H,10,11);/b5-4-;. The quantitative estimate of drug-likeness (QED) is 0.442. The number of carbonyl (C=O) groups excluding carboxylic acids is 1. The summed E-state index contributed by atoms with van der Waals surface area (Å²) >= 11 is 0. The third-order valence-electron chi connectivity index (χ3n) is 1.45. The summed E-state index contributed by atoms with van der Waals surface area (Å²) in [5.74, 6) is -1.42. The second-order valence-electron chi connectivity index (χ2n) is 2.13. The van der Waals surface area contributed by atoms with Gasteiger partial charge in [-0.3, -0.25) is 4.79 Å². The van der Waals surface area contributed by atoms with Gasteiger partial charge in [-0.15, -0.1) is 0 Å². The van der Waals surface area contributed by atoms with Gasteiger partial charge in [-0.1, -0.05) is 0 Å². The van der Waals surface area contributed by atoms with Crippen LogP contribution in [-0.2, 0) is 9.59 Å². The molecule has 0 atom stereocenters. The number of rotatable bonds is 2. The molecule has 0 heterocycles. The number of hydrogen-bond donors (Lipinski definition) is 2. The molecule has 2 N–H and O–H groups in total. The molecule has 4 nitrogen and oxygen atoms in total. The molecule has 0 spiro atoms. The smallest absolute Gasteiger partial charge is 0.331 e. The molecule has 0 aliphatic heterocycles. The van der Waals surface area contributed by atoms with Crippen molar-refractivity contribution >= 4 is 20.3 Å². The molecule has 1 amide bonds. The zero-order valence-electron chi connectivity index (χ0n) is 7.34. The highest BCUT2D eigenvalue weighted by molar-refractivity contribution is 6.01. The minimum atomic E-state index is -1.06. The molecule has 0 aromatic heterocycles. The molecule has 0 unspecified atom stereocenters. The van der Waals surface area contributed by atoms with Crippen molar-refractivity contribution in [3.8, 4) is 0 Å². The van der Waals surface area contributed by atoms with Gasteiger partial charge >= 0.3 is 5.97 Å². The Bertz CT molecular complexity index is 223. The Hall–Kier alpha value is -1.26. The van der Waals surface area contributed by atoms with E-state index in [2.05, 4.69) is 5.32 Å². The minimum absolute atomic E-state index is 0. The largest absolute Gasteiger partial charge is 0.478 e. The Kier molecular flexibility index (Phi) is 6.01. The van der Waals surface area contributed by atoms with Gasteiger partial charge in [0.25, 0.3) is 0 Å².